The van der Waals surface area contributed by atoms with Crippen LogP contribution in [-0.2, 0) is 9.53 Å². The SMILES string of the molecule is CCOC(=O)C(C)(C)C(=NO)C(F)F. The topological polar surface area (TPSA) is 58.9 Å². The molecule has 4 nitrogen and oxygen atoms in total. The zero-order valence-electron chi connectivity index (χ0n) is 8.25. The monoisotopic (exact) mass is 209 g/mol. The Bertz CT molecular complexity index is 239. The Balaban J connectivity index is 4.83. The van der Waals surface area contributed by atoms with Crippen LogP contribution in [0.5, 0.6) is 0 Å². The molecule has 0 aliphatic carbocycles. The number of carbonyl (C=O) groups is 1. The van der Waals surface area contributed by atoms with Gasteiger partial charge in [-0.05, 0) is 20.8 Å². The van der Waals surface area contributed by atoms with Gasteiger partial charge in [0, 0.05) is 0 Å². The molecule has 0 aromatic rings. The van der Waals surface area contributed by atoms with Gasteiger partial charge in [-0.1, -0.05) is 5.16 Å². The van der Waals surface area contributed by atoms with Crippen LogP contribution in [0.3, 0.4) is 0 Å². The van der Waals surface area contributed by atoms with Gasteiger partial charge in [0.1, 0.15) is 11.1 Å². The molecule has 0 saturated heterocycles. The zero-order chi connectivity index (χ0) is 11.4. The lowest BCUT2D eigenvalue weighted by Crippen LogP contribution is -2.39. The summed E-state index contributed by atoms with van der Waals surface area (Å²) in [6.07, 6.45) is -2.99. The highest BCUT2D eigenvalue weighted by Gasteiger charge is 2.40. The molecule has 14 heavy (non-hydrogen) atoms. The molecule has 0 aromatic carbocycles. The summed E-state index contributed by atoms with van der Waals surface area (Å²) in [5.74, 6) is -0.840. The maximum atomic E-state index is 12.3. The van der Waals surface area contributed by atoms with Gasteiger partial charge < -0.3 is 9.94 Å². The van der Waals surface area contributed by atoms with Crippen molar-refractivity contribution in [1.29, 1.82) is 0 Å². The maximum absolute atomic E-state index is 12.3. The Hall–Kier alpha value is -1.20. The summed E-state index contributed by atoms with van der Waals surface area (Å²) in [6.45, 7) is 4.08. The summed E-state index contributed by atoms with van der Waals surface area (Å²) in [5.41, 5.74) is -2.50. The van der Waals surface area contributed by atoms with E-state index in [1.807, 2.05) is 0 Å². The number of nitrogens with zero attached hydrogens (tertiary/aromatic N) is 1. The third-order valence-electron chi connectivity index (χ3n) is 1.74. The van der Waals surface area contributed by atoms with Gasteiger partial charge in [0.25, 0.3) is 6.43 Å². The van der Waals surface area contributed by atoms with Crippen LogP contribution < -0.4 is 0 Å². The van der Waals surface area contributed by atoms with E-state index in [0.717, 1.165) is 0 Å². The second kappa shape index (κ2) is 4.88. The van der Waals surface area contributed by atoms with Gasteiger partial charge in [-0.25, -0.2) is 8.78 Å². The van der Waals surface area contributed by atoms with Crippen molar-refractivity contribution in [1.82, 2.24) is 0 Å². The summed E-state index contributed by atoms with van der Waals surface area (Å²) in [6, 6.07) is 0. The molecule has 82 valence electrons. The summed E-state index contributed by atoms with van der Waals surface area (Å²) < 4.78 is 29.2. The molecular formula is C8H13F2NO3. The van der Waals surface area contributed by atoms with E-state index in [1.54, 1.807) is 6.92 Å². The summed E-state index contributed by atoms with van der Waals surface area (Å²) in [7, 11) is 0. The fourth-order valence-electron chi connectivity index (χ4n) is 0.858. The van der Waals surface area contributed by atoms with E-state index < -0.39 is 23.5 Å². The lowest BCUT2D eigenvalue weighted by molar-refractivity contribution is -0.150. The van der Waals surface area contributed by atoms with Gasteiger partial charge in [0.2, 0.25) is 0 Å². The van der Waals surface area contributed by atoms with E-state index in [9.17, 15) is 13.6 Å². The molecule has 0 radical (unpaired) electrons. The molecule has 0 aliphatic heterocycles. The predicted octanol–water partition coefficient (Wildman–Crippen LogP) is 1.67. The van der Waals surface area contributed by atoms with Crippen molar-refractivity contribution in [2.24, 2.45) is 10.6 Å². The highest BCUT2D eigenvalue weighted by Crippen LogP contribution is 2.23. The molecule has 1 N–H and O–H groups in total. The van der Waals surface area contributed by atoms with Crippen molar-refractivity contribution < 1.29 is 23.5 Å². The van der Waals surface area contributed by atoms with Gasteiger partial charge in [-0.15, -0.1) is 0 Å². The van der Waals surface area contributed by atoms with Crippen molar-refractivity contribution in [3.05, 3.63) is 0 Å². The Morgan fingerprint density at radius 3 is 2.36 bits per heavy atom. The van der Waals surface area contributed by atoms with Crippen molar-refractivity contribution in [3.8, 4) is 0 Å². The first-order valence-corrected chi connectivity index (χ1v) is 4.05. The number of hydrogen-bond acceptors (Lipinski definition) is 4. The number of alkyl halides is 2. The van der Waals surface area contributed by atoms with E-state index in [4.69, 9.17) is 5.21 Å². The number of oxime groups is 1. The molecule has 0 heterocycles. The van der Waals surface area contributed by atoms with E-state index in [2.05, 4.69) is 9.89 Å². The van der Waals surface area contributed by atoms with Gasteiger partial charge >= 0.3 is 5.97 Å². The number of carbonyl (C=O) groups excluding carboxylic acids is 1. The van der Waals surface area contributed by atoms with E-state index in [0.29, 0.717) is 0 Å². The van der Waals surface area contributed by atoms with Gasteiger partial charge in [-0.3, -0.25) is 4.79 Å². The quantitative estimate of drug-likeness (QED) is 0.331. The van der Waals surface area contributed by atoms with Crippen LogP contribution in [0.2, 0.25) is 0 Å². The fourth-order valence-corrected chi connectivity index (χ4v) is 0.858. The Labute approximate surface area is 80.5 Å². The molecule has 0 fully saturated rings. The Morgan fingerprint density at radius 1 is 1.57 bits per heavy atom. The molecule has 0 saturated carbocycles. The molecule has 0 spiro atoms. The number of hydrogen-bond donors (Lipinski definition) is 1. The highest BCUT2D eigenvalue weighted by molar-refractivity contribution is 6.07. The minimum atomic E-state index is -2.99. The lowest BCUT2D eigenvalue weighted by Gasteiger charge is -2.22. The summed E-state index contributed by atoms with van der Waals surface area (Å²) >= 11 is 0. The van der Waals surface area contributed by atoms with Crippen molar-refractivity contribution >= 4 is 11.7 Å². The second-order valence-electron chi connectivity index (χ2n) is 3.13. The smallest absolute Gasteiger partial charge is 0.317 e. The van der Waals surface area contributed by atoms with Crippen molar-refractivity contribution in [2.45, 2.75) is 27.2 Å². The average Bonchev–Trinajstić information content (AvgIpc) is 2.04. The van der Waals surface area contributed by atoms with Crippen LogP contribution in [0.15, 0.2) is 5.16 Å². The number of halogens is 2. The van der Waals surface area contributed by atoms with Gasteiger partial charge in [0.15, 0.2) is 0 Å². The molecule has 0 bridgehead atoms. The fraction of sp³-hybridized carbons (Fsp3) is 0.750. The van der Waals surface area contributed by atoms with E-state index >= 15 is 0 Å². The summed E-state index contributed by atoms with van der Waals surface area (Å²) in [5, 5.41) is 10.8. The lowest BCUT2D eigenvalue weighted by atomic mass is 9.87. The first-order valence-electron chi connectivity index (χ1n) is 4.05. The van der Waals surface area contributed by atoms with Crippen LogP contribution in [-0.4, -0.2) is 29.9 Å². The third-order valence-corrected chi connectivity index (χ3v) is 1.74. The van der Waals surface area contributed by atoms with Crippen LogP contribution in [0, 0.1) is 5.41 Å². The van der Waals surface area contributed by atoms with E-state index in [1.165, 1.54) is 13.8 Å². The molecule has 0 aliphatic rings. The number of ether oxygens (including phenoxy) is 1. The minimum Gasteiger partial charge on any atom is -0.465 e. The Kier molecular flexibility index (Phi) is 4.46. The van der Waals surface area contributed by atoms with Crippen LogP contribution in [0.1, 0.15) is 20.8 Å². The van der Waals surface area contributed by atoms with Crippen molar-refractivity contribution in [2.75, 3.05) is 6.61 Å². The molecule has 0 atom stereocenters. The molecule has 0 rings (SSSR count). The molecule has 0 amide bonds. The first-order chi connectivity index (χ1) is 6.37. The average molecular weight is 209 g/mol. The standard InChI is InChI=1S/C8H13F2NO3/c1-4-14-7(12)8(2,3)5(11-13)6(9)10/h6,13H,4H2,1-3H3. The van der Waals surface area contributed by atoms with Gasteiger partial charge in [-0.2, -0.15) is 0 Å². The third kappa shape index (κ3) is 2.65. The normalized spacial score (nSPS) is 13.1. The van der Waals surface area contributed by atoms with Gasteiger partial charge in [0.05, 0.1) is 6.61 Å². The van der Waals surface area contributed by atoms with Crippen LogP contribution >= 0.6 is 0 Å². The maximum Gasteiger partial charge on any atom is 0.317 e. The van der Waals surface area contributed by atoms with E-state index in [-0.39, 0.29) is 6.61 Å². The second-order valence-corrected chi connectivity index (χ2v) is 3.13. The molecule has 6 heteroatoms. The largest absolute Gasteiger partial charge is 0.465 e. The first kappa shape index (κ1) is 12.8. The molecule has 0 aromatic heterocycles. The van der Waals surface area contributed by atoms with Crippen LogP contribution in [0.25, 0.3) is 0 Å². The number of rotatable bonds is 4. The predicted molar refractivity (Wildman–Crippen MR) is 45.6 cm³/mol. The minimum absolute atomic E-state index is 0.0875. The van der Waals surface area contributed by atoms with Crippen LogP contribution in [0.4, 0.5) is 8.78 Å². The zero-order valence-corrected chi connectivity index (χ0v) is 8.25. The number of esters is 1. The molecular weight excluding hydrogens is 196 g/mol. The highest BCUT2D eigenvalue weighted by atomic mass is 19.3. The van der Waals surface area contributed by atoms with Crippen molar-refractivity contribution in [3.63, 3.8) is 0 Å². The Morgan fingerprint density at radius 2 is 2.07 bits per heavy atom. The molecule has 0 unspecified atom stereocenters. The summed E-state index contributed by atoms with van der Waals surface area (Å²) in [4.78, 5) is 11.2.